The minimum Gasteiger partial charge on any atom is -0.462 e. The van der Waals surface area contributed by atoms with Crippen LogP contribution in [0.1, 0.15) is 64.4 Å². The SMILES string of the molecule is CCOC(=O)c1cc(Br)c(CBr)c(Cl)c1N(C(=O)OC(C)(C)C)C(=O)OC(C)(C)C. The second kappa shape index (κ2) is 10.3. The van der Waals surface area contributed by atoms with Gasteiger partial charge in [0.15, 0.2) is 0 Å². The third kappa shape index (κ3) is 7.13. The van der Waals surface area contributed by atoms with Gasteiger partial charge in [-0.1, -0.05) is 43.5 Å². The van der Waals surface area contributed by atoms with Gasteiger partial charge in [-0.25, -0.2) is 14.4 Å². The number of ether oxygens (including phenoxy) is 3. The molecule has 0 atom stereocenters. The number of carbonyl (C=O) groups is 3. The molecule has 0 aliphatic carbocycles. The van der Waals surface area contributed by atoms with Gasteiger partial charge in [-0.3, -0.25) is 0 Å². The van der Waals surface area contributed by atoms with Crippen molar-refractivity contribution in [1.29, 1.82) is 0 Å². The van der Waals surface area contributed by atoms with Crippen LogP contribution in [0.3, 0.4) is 0 Å². The van der Waals surface area contributed by atoms with E-state index in [-0.39, 0.29) is 22.9 Å². The molecule has 0 heterocycles. The van der Waals surface area contributed by atoms with Crippen molar-refractivity contribution in [3.8, 4) is 0 Å². The average Bonchev–Trinajstić information content (AvgIpc) is 2.54. The molecule has 0 unspecified atom stereocenters. The summed E-state index contributed by atoms with van der Waals surface area (Å²) in [5, 5.41) is 0.292. The highest BCUT2D eigenvalue weighted by molar-refractivity contribution is 9.10. The Morgan fingerprint density at radius 2 is 1.50 bits per heavy atom. The third-order valence-electron chi connectivity index (χ3n) is 3.29. The van der Waals surface area contributed by atoms with Gasteiger partial charge in [0.25, 0.3) is 0 Å². The van der Waals surface area contributed by atoms with Gasteiger partial charge in [0.2, 0.25) is 0 Å². The van der Waals surface area contributed by atoms with Gasteiger partial charge >= 0.3 is 18.2 Å². The summed E-state index contributed by atoms with van der Waals surface area (Å²) in [7, 11) is 0. The lowest BCUT2D eigenvalue weighted by atomic mass is 10.1. The van der Waals surface area contributed by atoms with Crippen molar-refractivity contribution in [3.63, 3.8) is 0 Å². The smallest absolute Gasteiger partial charge is 0.424 e. The van der Waals surface area contributed by atoms with E-state index in [2.05, 4.69) is 31.9 Å². The van der Waals surface area contributed by atoms with Crippen LogP contribution in [0, 0.1) is 0 Å². The van der Waals surface area contributed by atoms with Crippen LogP contribution in [-0.4, -0.2) is 36.0 Å². The van der Waals surface area contributed by atoms with Crippen LogP contribution in [-0.2, 0) is 19.5 Å². The number of halogens is 3. The highest BCUT2D eigenvalue weighted by Gasteiger charge is 2.38. The molecule has 1 rings (SSSR count). The van der Waals surface area contributed by atoms with Crippen molar-refractivity contribution in [2.24, 2.45) is 0 Å². The Bertz CT molecular complexity index is 802. The highest BCUT2D eigenvalue weighted by Crippen LogP contribution is 2.40. The van der Waals surface area contributed by atoms with Gasteiger partial charge in [0, 0.05) is 9.80 Å². The zero-order chi connectivity index (χ0) is 23.4. The first-order valence-corrected chi connectivity index (χ1v) is 11.4. The summed E-state index contributed by atoms with van der Waals surface area (Å²) in [6, 6.07) is 1.44. The van der Waals surface area contributed by atoms with Gasteiger partial charge in [0.05, 0.1) is 22.9 Å². The Kier molecular flexibility index (Phi) is 9.20. The molecule has 0 aromatic heterocycles. The summed E-state index contributed by atoms with van der Waals surface area (Å²) in [5.41, 5.74) is -1.56. The van der Waals surface area contributed by atoms with Crippen molar-refractivity contribution in [3.05, 3.63) is 26.7 Å². The molecule has 0 saturated carbocycles. The quantitative estimate of drug-likeness (QED) is 0.223. The van der Waals surface area contributed by atoms with E-state index in [4.69, 9.17) is 25.8 Å². The third-order valence-corrected chi connectivity index (χ3v) is 4.97. The molecule has 0 N–H and O–H groups in total. The molecule has 0 fully saturated rings. The largest absolute Gasteiger partial charge is 0.462 e. The van der Waals surface area contributed by atoms with Gasteiger partial charge < -0.3 is 14.2 Å². The first-order valence-electron chi connectivity index (χ1n) is 9.13. The molecule has 7 nitrogen and oxygen atoms in total. The van der Waals surface area contributed by atoms with Crippen LogP contribution < -0.4 is 4.90 Å². The minimum atomic E-state index is -1.04. The summed E-state index contributed by atoms with van der Waals surface area (Å²) < 4.78 is 16.4. The number of carbonyl (C=O) groups excluding carboxylic acids is 3. The topological polar surface area (TPSA) is 82.1 Å². The van der Waals surface area contributed by atoms with Crippen LogP contribution in [0.2, 0.25) is 5.02 Å². The molecule has 30 heavy (non-hydrogen) atoms. The van der Waals surface area contributed by atoms with E-state index >= 15 is 0 Å². The maximum absolute atomic E-state index is 13.0. The number of anilines is 1. The number of imide groups is 1. The van der Waals surface area contributed by atoms with Crippen molar-refractivity contribution in [2.45, 2.75) is 65.0 Å². The second-order valence-electron chi connectivity index (χ2n) is 8.20. The number of nitrogens with zero attached hydrogens (tertiary/aromatic N) is 1. The summed E-state index contributed by atoms with van der Waals surface area (Å²) in [6.45, 7) is 11.6. The summed E-state index contributed by atoms with van der Waals surface area (Å²) in [4.78, 5) is 39.3. The summed E-state index contributed by atoms with van der Waals surface area (Å²) in [5.74, 6) is -0.756. The molecular formula is C20H26Br2ClNO6. The molecule has 0 radical (unpaired) electrons. The molecule has 0 aliphatic heterocycles. The van der Waals surface area contributed by atoms with E-state index in [9.17, 15) is 14.4 Å². The highest BCUT2D eigenvalue weighted by atomic mass is 79.9. The van der Waals surface area contributed by atoms with Gasteiger partial charge in [-0.15, -0.1) is 0 Å². The van der Waals surface area contributed by atoms with Crippen molar-refractivity contribution >= 4 is 67.3 Å². The number of hydrogen-bond acceptors (Lipinski definition) is 6. The normalized spacial score (nSPS) is 11.7. The molecule has 0 aliphatic rings. The van der Waals surface area contributed by atoms with E-state index < -0.39 is 29.4 Å². The zero-order valence-electron chi connectivity index (χ0n) is 18.0. The molecular weight excluding hydrogens is 545 g/mol. The Morgan fingerprint density at radius 1 is 1.03 bits per heavy atom. The Labute approximate surface area is 198 Å². The lowest BCUT2D eigenvalue weighted by Gasteiger charge is -2.30. The zero-order valence-corrected chi connectivity index (χ0v) is 22.0. The van der Waals surface area contributed by atoms with Crippen molar-refractivity contribution in [2.75, 3.05) is 11.5 Å². The molecule has 0 saturated heterocycles. The second-order valence-corrected chi connectivity index (χ2v) is 9.99. The van der Waals surface area contributed by atoms with Gasteiger partial charge in [-0.05, 0) is 60.1 Å². The van der Waals surface area contributed by atoms with Crippen molar-refractivity contribution in [1.82, 2.24) is 0 Å². The molecule has 168 valence electrons. The number of esters is 1. The standard InChI is InChI=1S/C20H26Br2ClNO6/c1-8-28-16(25)11-9-13(22)12(10-21)14(23)15(11)24(17(26)29-19(2,3)4)18(27)30-20(5,6)7/h9H,8,10H2,1-7H3. The average molecular weight is 572 g/mol. The van der Waals surface area contributed by atoms with E-state index in [1.54, 1.807) is 48.5 Å². The van der Waals surface area contributed by atoms with Crippen LogP contribution in [0.15, 0.2) is 10.5 Å². The molecule has 0 bridgehead atoms. The van der Waals surface area contributed by atoms with Gasteiger partial charge in [-0.2, -0.15) is 4.90 Å². The first kappa shape index (κ1) is 26.7. The molecule has 1 aromatic rings. The van der Waals surface area contributed by atoms with Crippen LogP contribution in [0.4, 0.5) is 15.3 Å². The maximum Gasteiger partial charge on any atom is 0.424 e. The Hall–Kier alpha value is -1.32. The van der Waals surface area contributed by atoms with Crippen LogP contribution in [0.25, 0.3) is 0 Å². The van der Waals surface area contributed by atoms with Crippen LogP contribution >= 0.6 is 43.5 Å². The fraction of sp³-hybridized carbons (Fsp3) is 0.550. The molecule has 10 heteroatoms. The fourth-order valence-electron chi connectivity index (χ4n) is 2.23. The number of benzene rings is 1. The monoisotopic (exact) mass is 569 g/mol. The molecule has 1 aromatic carbocycles. The summed E-state index contributed by atoms with van der Waals surface area (Å²) >= 11 is 13.2. The molecule has 2 amide bonds. The number of alkyl halides is 1. The molecule has 0 spiro atoms. The van der Waals surface area contributed by atoms with Crippen molar-refractivity contribution < 1.29 is 28.6 Å². The number of amides is 2. The number of rotatable bonds is 4. The first-order chi connectivity index (χ1) is 13.6. The predicted molar refractivity (Wildman–Crippen MR) is 123 cm³/mol. The van der Waals surface area contributed by atoms with E-state index in [0.29, 0.717) is 20.3 Å². The minimum absolute atomic E-state index is 0.000946. The lowest BCUT2D eigenvalue weighted by molar-refractivity contribution is 0.0430. The summed E-state index contributed by atoms with van der Waals surface area (Å²) in [6.07, 6.45) is -2.07. The van der Waals surface area contributed by atoms with E-state index in [0.717, 1.165) is 0 Å². The Balaban J connectivity index is 3.81. The predicted octanol–water partition coefficient (Wildman–Crippen LogP) is 6.85. The maximum atomic E-state index is 13.0. The Morgan fingerprint density at radius 3 is 1.87 bits per heavy atom. The number of hydrogen-bond donors (Lipinski definition) is 0. The fourth-order valence-corrected chi connectivity index (χ4v) is 4.38. The van der Waals surface area contributed by atoms with Crippen LogP contribution in [0.5, 0.6) is 0 Å². The lowest BCUT2D eigenvalue weighted by Crippen LogP contribution is -2.44. The van der Waals surface area contributed by atoms with E-state index in [1.165, 1.54) is 6.07 Å². The van der Waals surface area contributed by atoms with Gasteiger partial charge in [0.1, 0.15) is 11.2 Å². The van der Waals surface area contributed by atoms with E-state index in [1.807, 2.05) is 0 Å².